The van der Waals surface area contributed by atoms with Gasteiger partial charge in [0.1, 0.15) is 11.3 Å². The van der Waals surface area contributed by atoms with E-state index in [1.165, 1.54) is 7.11 Å². The van der Waals surface area contributed by atoms with E-state index in [0.717, 1.165) is 16.6 Å². The minimum Gasteiger partial charge on any atom is -0.493 e. The van der Waals surface area contributed by atoms with E-state index in [1.54, 1.807) is 25.3 Å². The summed E-state index contributed by atoms with van der Waals surface area (Å²) in [5.41, 5.74) is 2.15. The third-order valence-corrected chi connectivity index (χ3v) is 3.89. The quantitative estimate of drug-likeness (QED) is 0.640. The van der Waals surface area contributed by atoms with E-state index in [9.17, 15) is 4.79 Å². The van der Waals surface area contributed by atoms with E-state index in [4.69, 9.17) is 14.2 Å². The summed E-state index contributed by atoms with van der Waals surface area (Å²) < 4.78 is 16.2. The summed E-state index contributed by atoms with van der Waals surface area (Å²) in [6.45, 7) is 1.84. The number of ketones is 1. The Morgan fingerprint density at radius 2 is 1.76 bits per heavy atom. The maximum absolute atomic E-state index is 12.4. The number of hydrogen-bond acceptors (Lipinski definition) is 5. The largest absolute Gasteiger partial charge is 0.493 e. The van der Waals surface area contributed by atoms with Crippen LogP contribution in [0.25, 0.3) is 10.9 Å². The van der Waals surface area contributed by atoms with Crippen LogP contribution >= 0.6 is 0 Å². The molecule has 0 atom stereocenters. The number of nitrogens with zero attached hydrogens (tertiary/aromatic N) is 1. The van der Waals surface area contributed by atoms with E-state index >= 15 is 0 Å². The van der Waals surface area contributed by atoms with Crippen LogP contribution in [-0.4, -0.2) is 31.6 Å². The molecule has 0 amide bonds. The number of rotatable bonds is 6. The zero-order valence-electron chi connectivity index (χ0n) is 14.4. The van der Waals surface area contributed by atoms with Gasteiger partial charge in [-0.1, -0.05) is 18.2 Å². The van der Waals surface area contributed by atoms with Crippen LogP contribution in [0.3, 0.4) is 0 Å². The van der Waals surface area contributed by atoms with E-state index in [1.807, 2.05) is 37.3 Å². The number of aromatic nitrogens is 1. The van der Waals surface area contributed by atoms with Gasteiger partial charge in [0, 0.05) is 16.6 Å². The molecule has 1 aromatic heterocycles. The number of fused-ring (bicyclic) bond motifs is 1. The number of pyridine rings is 1. The summed E-state index contributed by atoms with van der Waals surface area (Å²) in [6.07, 6.45) is 0. The smallest absolute Gasteiger partial charge is 0.200 e. The summed E-state index contributed by atoms with van der Waals surface area (Å²) in [5, 5.41) is 0.974. The average molecular weight is 337 g/mol. The predicted octanol–water partition coefficient (Wildman–Crippen LogP) is 3.82. The van der Waals surface area contributed by atoms with Crippen LogP contribution in [-0.2, 0) is 0 Å². The molecule has 0 saturated carbocycles. The lowest BCUT2D eigenvalue weighted by Gasteiger charge is -2.11. The van der Waals surface area contributed by atoms with Crippen LogP contribution in [0.15, 0.2) is 48.5 Å². The molecule has 128 valence electrons. The van der Waals surface area contributed by atoms with Gasteiger partial charge in [-0.25, -0.2) is 4.98 Å². The number of hydrogen-bond donors (Lipinski definition) is 0. The van der Waals surface area contributed by atoms with Crippen LogP contribution in [0.1, 0.15) is 16.1 Å². The number of ether oxygens (including phenoxy) is 3. The third-order valence-electron chi connectivity index (χ3n) is 3.89. The lowest BCUT2D eigenvalue weighted by molar-refractivity contribution is 0.0922. The van der Waals surface area contributed by atoms with Crippen molar-refractivity contribution in [3.63, 3.8) is 0 Å². The molecule has 0 fully saturated rings. The molecule has 0 bridgehead atoms. The second-order valence-corrected chi connectivity index (χ2v) is 5.56. The van der Waals surface area contributed by atoms with Crippen molar-refractivity contribution < 1.29 is 19.0 Å². The van der Waals surface area contributed by atoms with Crippen LogP contribution in [0.2, 0.25) is 0 Å². The van der Waals surface area contributed by atoms with Crippen LogP contribution in [0.4, 0.5) is 0 Å². The fourth-order valence-corrected chi connectivity index (χ4v) is 2.57. The highest BCUT2D eigenvalue weighted by Crippen LogP contribution is 2.28. The molecule has 1 heterocycles. The molecule has 25 heavy (non-hydrogen) atoms. The Morgan fingerprint density at radius 1 is 0.960 bits per heavy atom. The fraction of sp³-hybridized carbons (Fsp3) is 0.200. The topological polar surface area (TPSA) is 57.7 Å². The van der Waals surface area contributed by atoms with Crippen molar-refractivity contribution in [3.8, 4) is 17.2 Å². The standard InChI is InChI=1S/C20H19NO4/c1-13-7-8-14-5-4-6-18(20(14)21-13)25-12-16(22)15-9-10-17(23-2)19(11-15)24-3/h4-11H,12H2,1-3H3. The Labute approximate surface area is 146 Å². The first-order valence-electron chi connectivity index (χ1n) is 7.87. The molecule has 0 unspecified atom stereocenters. The van der Waals surface area contributed by atoms with Crippen molar-refractivity contribution >= 4 is 16.7 Å². The predicted molar refractivity (Wildman–Crippen MR) is 95.9 cm³/mol. The van der Waals surface area contributed by atoms with Crippen LogP contribution in [0, 0.1) is 6.92 Å². The van der Waals surface area contributed by atoms with Gasteiger partial charge in [0.05, 0.1) is 14.2 Å². The molecule has 5 nitrogen and oxygen atoms in total. The number of para-hydroxylation sites is 1. The summed E-state index contributed by atoms with van der Waals surface area (Å²) in [4.78, 5) is 17.0. The number of Topliss-reactive ketones (excluding diaryl/α,β-unsaturated/α-hetero) is 1. The summed E-state index contributed by atoms with van der Waals surface area (Å²) >= 11 is 0. The van der Waals surface area contributed by atoms with Crippen molar-refractivity contribution in [2.24, 2.45) is 0 Å². The molecule has 0 aliphatic carbocycles. The second kappa shape index (κ2) is 7.21. The minimum atomic E-state index is -0.148. The zero-order chi connectivity index (χ0) is 17.8. The van der Waals surface area contributed by atoms with Gasteiger partial charge < -0.3 is 14.2 Å². The van der Waals surface area contributed by atoms with Crippen molar-refractivity contribution in [2.75, 3.05) is 20.8 Å². The van der Waals surface area contributed by atoms with Gasteiger partial charge in [0.15, 0.2) is 23.9 Å². The van der Waals surface area contributed by atoms with E-state index in [2.05, 4.69) is 4.98 Å². The highest BCUT2D eigenvalue weighted by Gasteiger charge is 2.12. The maximum Gasteiger partial charge on any atom is 0.200 e. The van der Waals surface area contributed by atoms with Crippen molar-refractivity contribution in [1.29, 1.82) is 0 Å². The van der Waals surface area contributed by atoms with Crippen LogP contribution in [0.5, 0.6) is 17.2 Å². The van der Waals surface area contributed by atoms with Gasteiger partial charge in [-0.2, -0.15) is 0 Å². The number of benzene rings is 2. The van der Waals surface area contributed by atoms with Gasteiger partial charge >= 0.3 is 0 Å². The molecule has 0 saturated heterocycles. The Bertz CT molecular complexity index is 921. The summed E-state index contributed by atoms with van der Waals surface area (Å²) in [5.74, 6) is 1.53. The molecule has 0 aliphatic heterocycles. The number of aryl methyl sites for hydroxylation is 1. The van der Waals surface area contributed by atoms with Crippen LogP contribution < -0.4 is 14.2 Å². The summed E-state index contributed by atoms with van der Waals surface area (Å²) in [7, 11) is 3.09. The van der Waals surface area contributed by atoms with E-state index in [0.29, 0.717) is 22.8 Å². The van der Waals surface area contributed by atoms with Crippen molar-refractivity contribution in [3.05, 3.63) is 59.8 Å². The van der Waals surface area contributed by atoms with Gasteiger partial charge in [0.25, 0.3) is 0 Å². The lowest BCUT2D eigenvalue weighted by Crippen LogP contribution is -2.12. The molecular formula is C20H19NO4. The zero-order valence-corrected chi connectivity index (χ0v) is 14.4. The molecule has 5 heteroatoms. The lowest BCUT2D eigenvalue weighted by atomic mass is 10.1. The molecule has 3 aromatic rings. The molecule has 0 aliphatic rings. The van der Waals surface area contributed by atoms with Gasteiger partial charge in [-0.15, -0.1) is 0 Å². The SMILES string of the molecule is COc1ccc(C(=O)COc2cccc3ccc(C)nc23)cc1OC. The number of methoxy groups -OCH3 is 2. The van der Waals surface area contributed by atoms with Gasteiger partial charge in [0.2, 0.25) is 0 Å². The first-order valence-corrected chi connectivity index (χ1v) is 7.87. The maximum atomic E-state index is 12.4. The molecule has 0 spiro atoms. The first-order chi connectivity index (χ1) is 12.1. The molecular weight excluding hydrogens is 318 g/mol. The third kappa shape index (κ3) is 3.55. The number of carbonyl (C=O) groups excluding carboxylic acids is 1. The minimum absolute atomic E-state index is 0.0791. The molecule has 2 aromatic carbocycles. The van der Waals surface area contributed by atoms with Gasteiger partial charge in [-0.05, 0) is 37.3 Å². The summed E-state index contributed by atoms with van der Waals surface area (Å²) in [6, 6.07) is 14.6. The molecule has 0 N–H and O–H groups in total. The normalized spacial score (nSPS) is 10.5. The van der Waals surface area contributed by atoms with E-state index in [-0.39, 0.29) is 12.4 Å². The van der Waals surface area contributed by atoms with Gasteiger partial charge in [-0.3, -0.25) is 4.79 Å². The fourth-order valence-electron chi connectivity index (χ4n) is 2.57. The average Bonchev–Trinajstić information content (AvgIpc) is 2.65. The highest BCUT2D eigenvalue weighted by atomic mass is 16.5. The number of carbonyl (C=O) groups is 1. The monoisotopic (exact) mass is 337 g/mol. The van der Waals surface area contributed by atoms with Crippen molar-refractivity contribution in [1.82, 2.24) is 4.98 Å². The Morgan fingerprint density at radius 3 is 2.52 bits per heavy atom. The molecule has 0 radical (unpaired) electrons. The second-order valence-electron chi connectivity index (χ2n) is 5.56. The highest BCUT2D eigenvalue weighted by molar-refractivity contribution is 5.98. The Hall–Kier alpha value is -3.08. The van der Waals surface area contributed by atoms with E-state index < -0.39 is 0 Å². The Kier molecular flexibility index (Phi) is 4.84. The molecule has 3 rings (SSSR count). The Balaban J connectivity index is 1.80. The van der Waals surface area contributed by atoms with Crippen molar-refractivity contribution in [2.45, 2.75) is 6.92 Å². The first kappa shape index (κ1) is 16.8.